The Hall–Kier alpha value is 1.86. The van der Waals surface area contributed by atoms with Gasteiger partial charge in [-0.05, 0) is 0 Å². The van der Waals surface area contributed by atoms with E-state index in [1.54, 1.807) is 0 Å². The number of hydrogen-bond acceptors (Lipinski definition) is 2. The van der Waals surface area contributed by atoms with E-state index in [4.69, 9.17) is 4.10 Å². The van der Waals surface area contributed by atoms with Crippen molar-refractivity contribution in [2.45, 2.75) is 5.71 Å². The van der Waals surface area contributed by atoms with Gasteiger partial charge in [-0.25, -0.2) is 0 Å². The fourth-order valence-corrected chi connectivity index (χ4v) is 0. The second-order valence-corrected chi connectivity index (χ2v) is 4.17. The molecule has 3 nitrogen and oxygen atoms in total. The van der Waals surface area contributed by atoms with Crippen LogP contribution in [-0.4, -0.2) is 18.3 Å². The van der Waals surface area contributed by atoms with Crippen LogP contribution in [0.1, 0.15) is 0 Å². The van der Waals surface area contributed by atoms with Gasteiger partial charge in [0.05, 0.1) is 0 Å². The molecule has 0 radical (unpaired) electrons. The zero-order valence-corrected chi connectivity index (χ0v) is 10.0. The van der Waals surface area contributed by atoms with E-state index in [1.807, 2.05) is 0 Å². The molecule has 0 aromatic heterocycles. The summed E-state index contributed by atoms with van der Waals surface area (Å²) in [6.07, 6.45) is 0. The summed E-state index contributed by atoms with van der Waals surface area (Å²) in [7, 11) is 0. The number of halogens is 2. The molecule has 1 N–H and O–H groups in total. The summed E-state index contributed by atoms with van der Waals surface area (Å²) in [5, 5.41) is 0. The van der Waals surface area contributed by atoms with Crippen molar-refractivity contribution in [1.29, 1.82) is 0 Å². The molecule has 0 aliphatic carbocycles. The van der Waals surface area contributed by atoms with Gasteiger partial charge in [-0.15, -0.1) is 24.8 Å². The average Bonchev–Trinajstić information content (AvgIpc) is 0.722. The van der Waals surface area contributed by atoms with Crippen LogP contribution in [0.15, 0.2) is 0 Å². The molecule has 48 valence electrons. The molecule has 7 heteroatoms. The van der Waals surface area contributed by atoms with Crippen LogP contribution in [0.5, 0.6) is 0 Å². The SMILES string of the molecule is C[As](=O)([O-])O.Cl.Cl.[Na+]. The third-order valence-electron chi connectivity index (χ3n) is 0. The molecular formula is CH6AsCl2NaO3. The summed E-state index contributed by atoms with van der Waals surface area (Å²) in [6, 6.07) is 0. The summed E-state index contributed by atoms with van der Waals surface area (Å²) in [5.41, 5.74) is 0.804. The van der Waals surface area contributed by atoms with Gasteiger partial charge in [0.15, 0.2) is 0 Å². The van der Waals surface area contributed by atoms with E-state index in [2.05, 4.69) is 0 Å². The van der Waals surface area contributed by atoms with Gasteiger partial charge in [-0.1, -0.05) is 0 Å². The first-order valence-electron chi connectivity index (χ1n) is 1.01. The molecule has 0 rings (SSSR count). The predicted molar refractivity (Wildman–Crippen MR) is 29.0 cm³/mol. The van der Waals surface area contributed by atoms with E-state index in [9.17, 15) is 7.84 Å². The molecule has 0 saturated heterocycles. The molecule has 0 heterocycles. The van der Waals surface area contributed by atoms with Crippen LogP contribution in [0, 0.1) is 0 Å². The Bertz CT molecular complexity index is 63.4. The molecule has 0 saturated carbocycles. The molecule has 1 atom stereocenters. The summed E-state index contributed by atoms with van der Waals surface area (Å²) in [6.45, 7) is 0. The summed E-state index contributed by atoms with van der Waals surface area (Å²) in [4.78, 5) is 0. The van der Waals surface area contributed by atoms with E-state index in [-0.39, 0.29) is 54.4 Å². The van der Waals surface area contributed by atoms with E-state index in [1.165, 1.54) is 0 Å². The number of hydrogen-bond donors (Lipinski definition) is 1. The monoisotopic (exact) mass is 234 g/mol. The van der Waals surface area contributed by atoms with Crippen LogP contribution in [0.3, 0.4) is 0 Å². The Labute approximate surface area is 85.3 Å². The fourth-order valence-electron chi connectivity index (χ4n) is 0. The fraction of sp³-hybridized carbons (Fsp3) is 1.00. The van der Waals surface area contributed by atoms with Crippen molar-refractivity contribution in [3.05, 3.63) is 0 Å². The first kappa shape index (κ1) is 22.5. The Morgan fingerprint density at radius 3 is 1.50 bits per heavy atom. The summed E-state index contributed by atoms with van der Waals surface area (Å²) >= 11 is -4.38. The van der Waals surface area contributed by atoms with Gasteiger partial charge in [0, 0.05) is 0 Å². The Balaban J connectivity index is -0.0000000267. The van der Waals surface area contributed by atoms with Gasteiger partial charge < -0.3 is 0 Å². The Morgan fingerprint density at radius 2 is 1.50 bits per heavy atom. The second-order valence-electron chi connectivity index (χ2n) is 0.803. The largest absolute Gasteiger partial charge is 1.00 e. The summed E-state index contributed by atoms with van der Waals surface area (Å²) in [5.74, 6) is 0. The molecule has 0 aliphatic heterocycles. The van der Waals surface area contributed by atoms with Crippen LogP contribution < -0.4 is 33.7 Å². The smallest absolute Gasteiger partial charge is 0.147 e. The Morgan fingerprint density at radius 1 is 1.50 bits per heavy atom. The quantitative estimate of drug-likeness (QED) is 0.438. The minimum Gasteiger partial charge on any atom is -0.147 e. The van der Waals surface area contributed by atoms with E-state index >= 15 is 0 Å². The first-order valence-corrected chi connectivity index (χ1v) is 5.26. The maximum atomic E-state index is 9.28. The van der Waals surface area contributed by atoms with Crippen LogP contribution in [-0.2, 0) is 3.74 Å². The van der Waals surface area contributed by atoms with Gasteiger partial charge >= 0.3 is 61.4 Å². The first-order chi connectivity index (χ1) is 2.00. The van der Waals surface area contributed by atoms with Gasteiger partial charge in [-0.3, -0.25) is 0 Å². The van der Waals surface area contributed by atoms with Crippen LogP contribution >= 0.6 is 24.8 Å². The van der Waals surface area contributed by atoms with Crippen molar-refractivity contribution in [3.63, 3.8) is 0 Å². The zero-order valence-electron chi connectivity index (χ0n) is 4.53. The van der Waals surface area contributed by atoms with Crippen molar-refractivity contribution < 1.29 is 41.5 Å². The maximum absolute atomic E-state index is 9.28. The van der Waals surface area contributed by atoms with Crippen molar-refractivity contribution in [3.8, 4) is 0 Å². The molecule has 0 aliphatic rings. The zero-order chi connectivity index (χ0) is 4.50. The Kier molecular flexibility index (Phi) is 25.0. The minimum absolute atomic E-state index is 0. The predicted octanol–water partition coefficient (Wildman–Crippen LogP) is -3.81. The third-order valence-corrected chi connectivity index (χ3v) is 0. The average molecular weight is 235 g/mol. The summed E-state index contributed by atoms with van der Waals surface area (Å²) < 4.78 is 26.1. The second kappa shape index (κ2) is 8.86. The molecule has 0 amide bonds. The van der Waals surface area contributed by atoms with Gasteiger partial charge in [0.25, 0.3) is 0 Å². The number of rotatable bonds is 0. The minimum atomic E-state index is -4.38. The van der Waals surface area contributed by atoms with Crippen molar-refractivity contribution in [1.82, 2.24) is 0 Å². The normalized spacial score (nSPS) is 13.4. The van der Waals surface area contributed by atoms with Crippen molar-refractivity contribution >= 4 is 39.0 Å². The van der Waals surface area contributed by atoms with Crippen LogP contribution in [0.25, 0.3) is 0 Å². The van der Waals surface area contributed by atoms with E-state index < -0.39 is 14.2 Å². The molecular weight excluding hydrogens is 229 g/mol. The topological polar surface area (TPSA) is 60.4 Å². The van der Waals surface area contributed by atoms with Gasteiger partial charge in [0.2, 0.25) is 0 Å². The molecule has 0 bridgehead atoms. The molecule has 8 heavy (non-hydrogen) atoms. The van der Waals surface area contributed by atoms with E-state index in [0.29, 0.717) is 0 Å². The molecule has 0 aromatic rings. The van der Waals surface area contributed by atoms with Gasteiger partial charge in [0.1, 0.15) is 0 Å². The van der Waals surface area contributed by atoms with Crippen molar-refractivity contribution in [2.24, 2.45) is 0 Å². The van der Waals surface area contributed by atoms with Crippen LogP contribution in [0.2, 0.25) is 5.71 Å². The van der Waals surface area contributed by atoms with Crippen LogP contribution in [0.4, 0.5) is 0 Å². The van der Waals surface area contributed by atoms with Gasteiger partial charge in [-0.2, -0.15) is 0 Å². The standard InChI is InChI=1S/CH5AsO3.2ClH.Na/c1-2(3,4)5;;;/h1H3,(H2,3,4,5);2*1H;/q;;;+1/p-1. The van der Waals surface area contributed by atoms with E-state index in [0.717, 1.165) is 5.71 Å². The molecule has 0 spiro atoms. The molecule has 0 fully saturated rings. The molecule has 0 aromatic carbocycles. The molecule has 1 unspecified atom stereocenters. The third kappa shape index (κ3) is 107. The maximum Gasteiger partial charge on any atom is 1.00 e. The van der Waals surface area contributed by atoms with Crippen molar-refractivity contribution in [2.75, 3.05) is 0 Å².